The molecule has 86 valence electrons. The first-order valence-electron chi connectivity index (χ1n) is 5.54. The first kappa shape index (κ1) is 10.1. The van der Waals surface area contributed by atoms with Crippen molar-refractivity contribution in [3.05, 3.63) is 24.3 Å². The monoisotopic (exact) mass is 238 g/mol. The van der Waals surface area contributed by atoms with Gasteiger partial charge in [-0.3, -0.25) is 0 Å². The highest BCUT2D eigenvalue weighted by molar-refractivity contribution is 7.89. The van der Waals surface area contributed by atoms with Gasteiger partial charge in [0.25, 0.3) is 0 Å². The zero-order valence-corrected chi connectivity index (χ0v) is 9.70. The lowest BCUT2D eigenvalue weighted by Crippen LogP contribution is -2.36. The maximum Gasteiger partial charge on any atom is 0.242 e. The van der Waals surface area contributed by atoms with Crippen molar-refractivity contribution in [2.24, 2.45) is 0 Å². The summed E-state index contributed by atoms with van der Waals surface area (Å²) in [5, 5.41) is 0. The van der Waals surface area contributed by atoms with E-state index in [0.29, 0.717) is 17.5 Å². The fraction of sp³-hybridized carbons (Fsp3) is 0.455. The average molecular weight is 238 g/mol. The predicted molar refractivity (Wildman–Crippen MR) is 62.0 cm³/mol. The fourth-order valence-corrected chi connectivity index (χ4v) is 3.86. The van der Waals surface area contributed by atoms with Crippen LogP contribution in [0.15, 0.2) is 29.2 Å². The number of anilines is 1. The Labute approximate surface area is 95.3 Å². The first-order valence-corrected chi connectivity index (χ1v) is 7.02. The number of fused-ring (bicyclic) bond motifs is 3. The van der Waals surface area contributed by atoms with Crippen molar-refractivity contribution in [2.45, 2.75) is 23.8 Å². The van der Waals surface area contributed by atoms with Gasteiger partial charge in [-0.15, -0.1) is 0 Å². The lowest BCUT2D eigenvalue weighted by molar-refractivity contribution is 0.575. The van der Waals surface area contributed by atoms with Crippen molar-refractivity contribution in [1.29, 1.82) is 0 Å². The molecule has 0 saturated carbocycles. The quantitative estimate of drug-likeness (QED) is 0.732. The van der Waals surface area contributed by atoms with Crippen molar-refractivity contribution in [3.63, 3.8) is 0 Å². The Hall–Kier alpha value is -1.07. The Morgan fingerprint density at radius 2 is 2.12 bits per heavy atom. The molecule has 1 atom stereocenters. The number of nitrogens with zero attached hydrogens (tertiary/aromatic N) is 1. The molecule has 2 aliphatic heterocycles. The summed E-state index contributed by atoms with van der Waals surface area (Å²) < 4.78 is 26.7. The second-order valence-corrected chi connectivity index (χ2v) is 6.04. The standard InChI is InChI=1S/C11H14N2O2S/c14-16(15)11-6-2-1-5-10(11)13-7-3-4-9(13)8-12-16/h1-2,5-6,9,12H,3-4,7-8H2/t9-/m0/s1. The van der Waals surface area contributed by atoms with Gasteiger partial charge in [-0.1, -0.05) is 12.1 Å². The molecule has 4 nitrogen and oxygen atoms in total. The van der Waals surface area contributed by atoms with Gasteiger partial charge >= 0.3 is 0 Å². The minimum atomic E-state index is -3.31. The lowest BCUT2D eigenvalue weighted by Gasteiger charge is -2.24. The highest BCUT2D eigenvalue weighted by Crippen LogP contribution is 2.33. The summed E-state index contributed by atoms with van der Waals surface area (Å²) in [4.78, 5) is 2.63. The van der Waals surface area contributed by atoms with Crippen LogP contribution in [-0.4, -0.2) is 27.5 Å². The van der Waals surface area contributed by atoms with E-state index in [1.54, 1.807) is 12.1 Å². The summed E-state index contributed by atoms with van der Waals surface area (Å²) in [6.45, 7) is 1.48. The normalized spacial score (nSPS) is 27.0. The molecule has 0 bridgehead atoms. The van der Waals surface area contributed by atoms with Crippen LogP contribution in [0.5, 0.6) is 0 Å². The Kier molecular flexibility index (Phi) is 2.19. The third kappa shape index (κ3) is 1.43. The zero-order chi connectivity index (χ0) is 11.2. The smallest absolute Gasteiger partial charge is 0.242 e. The van der Waals surface area contributed by atoms with Crippen LogP contribution in [-0.2, 0) is 10.0 Å². The Balaban J connectivity index is 2.20. The van der Waals surface area contributed by atoms with Gasteiger partial charge in [-0.2, -0.15) is 0 Å². The summed E-state index contributed by atoms with van der Waals surface area (Å²) in [5.41, 5.74) is 0.856. The molecule has 0 unspecified atom stereocenters. The van der Waals surface area contributed by atoms with Gasteiger partial charge in [0.2, 0.25) is 10.0 Å². The average Bonchev–Trinajstić information content (AvgIpc) is 2.71. The number of rotatable bonds is 0. The van der Waals surface area contributed by atoms with E-state index in [1.807, 2.05) is 12.1 Å². The van der Waals surface area contributed by atoms with Crippen LogP contribution in [0.3, 0.4) is 0 Å². The molecule has 16 heavy (non-hydrogen) atoms. The number of benzene rings is 1. The summed E-state index contributed by atoms with van der Waals surface area (Å²) in [7, 11) is -3.31. The molecule has 1 aromatic rings. The molecule has 0 aliphatic carbocycles. The van der Waals surface area contributed by atoms with Gasteiger partial charge in [-0.25, -0.2) is 13.1 Å². The van der Waals surface area contributed by atoms with E-state index in [2.05, 4.69) is 9.62 Å². The van der Waals surface area contributed by atoms with Crippen LogP contribution in [0.1, 0.15) is 12.8 Å². The molecule has 0 aromatic heterocycles. The molecule has 1 fully saturated rings. The molecule has 2 aliphatic rings. The van der Waals surface area contributed by atoms with E-state index < -0.39 is 10.0 Å². The maximum atomic E-state index is 12.0. The van der Waals surface area contributed by atoms with E-state index in [4.69, 9.17) is 0 Å². The summed E-state index contributed by atoms with van der Waals surface area (Å²) in [6.07, 6.45) is 2.21. The molecular formula is C11H14N2O2S. The minimum Gasteiger partial charge on any atom is -0.366 e. The zero-order valence-electron chi connectivity index (χ0n) is 8.89. The van der Waals surface area contributed by atoms with Crippen molar-refractivity contribution in [3.8, 4) is 0 Å². The highest BCUT2D eigenvalue weighted by Gasteiger charge is 2.33. The van der Waals surface area contributed by atoms with Crippen LogP contribution < -0.4 is 9.62 Å². The Morgan fingerprint density at radius 1 is 1.31 bits per heavy atom. The molecule has 0 spiro atoms. The number of hydrogen-bond donors (Lipinski definition) is 1. The van der Waals surface area contributed by atoms with E-state index >= 15 is 0 Å². The van der Waals surface area contributed by atoms with E-state index in [0.717, 1.165) is 25.1 Å². The van der Waals surface area contributed by atoms with E-state index in [-0.39, 0.29) is 0 Å². The van der Waals surface area contributed by atoms with E-state index in [1.165, 1.54) is 0 Å². The topological polar surface area (TPSA) is 49.4 Å². The van der Waals surface area contributed by atoms with Crippen LogP contribution in [0.25, 0.3) is 0 Å². The Morgan fingerprint density at radius 3 is 3.00 bits per heavy atom. The lowest BCUT2D eigenvalue weighted by atomic mass is 10.2. The van der Waals surface area contributed by atoms with Crippen LogP contribution in [0, 0.1) is 0 Å². The van der Waals surface area contributed by atoms with Crippen molar-refractivity contribution in [2.75, 3.05) is 18.0 Å². The SMILES string of the molecule is O=S1(=O)NC[C@@H]2CCCN2c2ccccc21. The molecule has 5 heteroatoms. The minimum absolute atomic E-state index is 0.318. The largest absolute Gasteiger partial charge is 0.366 e. The number of hydrogen-bond acceptors (Lipinski definition) is 3. The number of para-hydroxylation sites is 1. The predicted octanol–water partition coefficient (Wildman–Crippen LogP) is 0.947. The van der Waals surface area contributed by atoms with Gasteiger partial charge in [0.1, 0.15) is 4.90 Å². The number of nitrogens with one attached hydrogen (secondary N) is 1. The van der Waals surface area contributed by atoms with Gasteiger partial charge in [0, 0.05) is 19.1 Å². The second-order valence-electron chi connectivity index (χ2n) is 4.31. The molecule has 3 rings (SSSR count). The fourth-order valence-electron chi connectivity index (χ4n) is 2.57. The molecular weight excluding hydrogens is 224 g/mol. The van der Waals surface area contributed by atoms with Gasteiger partial charge in [-0.05, 0) is 25.0 Å². The number of sulfonamides is 1. The van der Waals surface area contributed by atoms with Crippen molar-refractivity contribution in [1.82, 2.24) is 4.72 Å². The maximum absolute atomic E-state index is 12.0. The molecule has 1 N–H and O–H groups in total. The van der Waals surface area contributed by atoms with Gasteiger partial charge in [0.05, 0.1) is 5.69 Å². The third-order valence-electron chi connectivity index (χ3n) is 3.35. The van der Waals surface area contributed by atoms with Crippen molar-refractivity contribution >= 4 is 15.7 Å². The molecule has 0 amide bonds. The Bertz CT molecular complexity index is 512. The highest BCUT2D eigenvalue weighted by atomic mass is 32.2. The van der Waals surface area contributed by atoms with Gasteiger partial charge < -0.3 is 4.90 Å². The molecule has 1 saturated heterocycles. The molecule has 0 radical (unpaired) electrons. The summed E-state index contributed by atoms with van der Waals surface area (Å²) >= 11 is 0. The second kappa shape index (κ2) is 3.46. The third-order valence-corrected chi connectivity index (χ3v) is 4.82. The summed E-state index contributed by atoms with van der Waals surface area (Å²) in [6, 6.07) is 7.57. The van der Waals surface area contributed by atoms with Crippen LogP contribution in [0.2, 0.25) is 0 Å². The van der Waals surface area contributed by atoms with Crippen molar-refractivity contribution < 1.29 is 8.42 Å². The van der Waals surface area contributed by atoms with E-state index in [9.17, 15) is 8.42 Å². The molecule has 1 aromatic carbocycles. The first-order chi connectivity index (χ1) is 7.68. The van der Waals surface area contributed by atoms with Crippen LogP contribution in [0.4, 0.5) is 5.69 Å². The molecule has 2 heterocycles. The van der Waals surface area contributed by atoms with Gasteiger partial charge in [0.15, 0.2) is 0 Å². The van der Waals surface area contributed by atoms with Crippen LogP contribution >= 0.6 is 0 Å². The summed E-state index contributed by atoms with van der Waals surface area (Å²) in [5.74, 6) is 0.